The molecule has 0 atom stereocenters. The second kappa shape index (κ2) is 9.72. The van der Waals surface area contributed by atoms with Gasteiger partial charge in [-0.15, -0.1) is 6.58 Å². The number of hydrogen-bond donors (Lipinski definition) is 3. The van der Waals surface area contributed by atoms with Gasteiger partial charge in [0.1, 0.15) is 0 Å². The van der Waals surface area contributed by atoms with Gasteiger partial charge < -0.3 is 16.0 Å². The monoisotopic (exact) mass is 363 g/mol. The molecule has 0 aromatic heterocycles. The predicted molar refractivity (Wildman–Crippen MR) is 107 cm³/mol. The molecular formula is C21H21N3O3. The van der Waals surface area contributed by atoms with Crippen LogP contribution in [0.4, 0.5) is 11.4 Å². The molecule has 0 saturated carbocycles. The zero-order valence-corrected chi connectivity index (χ0v) is 15.0. The largest absolute Gasteiger partial charge is 0.349 e. The minimum atomic E-state index is -0.357. The van der Waals surface area contributed by atoms with E-state index in [4.69, 9.17) is 0 Å². The average Bonchev–Trinajstić information content (AvgIpc) is 2.65. The highest BCUT2D eigenvalue weighted by Crippen LogP contribution is 2.15. The molecule has 6 nitrogen and oxygen atoms in total. The molecule has 0 saturated heterocycles. The highest BCUT2D eigenvalue weighted by Gasteiger charge is 2.11. The Morgan fingerprint density at radius 3 is 2.37 bits per heavy atom. The molecule has 0 fully saturated rings. The normalized spacial score (nSPS) is 10.3. The van der Waals surface area contributed by atoms with E-state index in [2.05, 4.69) is 22.5 Å². The maximum Gasteiger partial charge on any atom is 0.253 e. The Kier molecular flexibility index (Phi) is 7.07. The SMILES string of the molecule is C=CCNC(=O)c1ccccc1NC(=O)/C=C/c1ccc(NC(C)=O)cc1. The fraction of sp³-hybridized carbons (Fsp3) is 0.0952. The van der Waals surface area contributed by atoms with Crippen LogP contribution in [-0.2, 0) is 9.59 Å². The number of hydrogen-bond acceptors (Lipinski definition) is 3. The molecule has 0 spiro atoms. The van der Waals surface area contributed by atoms with Gasteiger partial charge in [0.2, 0.25) is 11.8 Å². The average molecular weight is 363 g/mol. The van der Waals surface area contributed by atoms with Crippen LogP contribution in [0, 0.1) is 0 Å². The Morgan fingerprint density at radius 2 is 1.70 bits per heavy atom. The summed E-state index contributed by atoms with van der Waals surface area (Å²) in [6.45, 7) is 5.34. The number of nitrogens with one attached hydrogen (secondary N) is 3. The third-order valence-electron chi connectivity index (χ3n) is 3.49. The lowest BCUT2D eigenvalue weighted by Gasteiger charge is -2.09. The van der Waals surface area contributed by atoms with Gasteiger partial charge in [-0.2, -0.15) is 0 Å². The van der Waals surface area contributed by atoms with Crippen molar-refractivity contribution in [1.82, 2.24) is 5.32 Å². The first-order valence-electron chi connectivity index (χ1n) is 8.34. The van der Waals surface area contributed by atoms with E-state index in [-0.39, 0.29) is 17.7 Å². The second-order valence-corrected chi connectivity index (χ2v) is 5.67. The highest BCUT2D eigenvalue weighted by atomic mass is 16.2. The standard InChI is InChI=1S/C21H21N3O3/c1-3-14-22-21(27)18-6-4-5-7-19(18)24-20(26)13-10-16-8-11-17(12-9-16)23-15(2)25/h3-13H,1,14H2,2H3,(H,22,27)(H,23,25)(H,24,26)/b13-10+. The van der Waals surface area contributed by atoms with Gasteiger partial charge in [-0.25, -0.2) is 0 Å². The molecule has 6 heteroatoms. The first-order valence-corrected chi connectivity index (χ1v) is 8.34. The summed E-state index contributed by atoms with van der Waals surface area (Å²) in [5.74, 6) is -0.790. The van der Waals surface area contributed by atoms with Crippen LogP contribution < -0.4 is 16.0 Å². The van der Waals surface area contributed by atoms with Crippen molar-refractivity contribution in [2.24, 2.45) is 0 Å². The first-order chi connectivity index (χ1) is 13.0. The van der Waals surface area contributed by atoms with Gasteiger partial charge in [0, 0.05) is 25.2 Å². The Balaban J connectivity index is 2.03. The number of anilines is 2. The van der Waals surface area contributed by atoms with E-state index in [1.165, 1.54) is 13.0 Å². The molecule has 0 aliphatic heterocycles. The number of carbonyl (C=O) groups is 3. The van der Waals surface area contributed by atoms with Gasteiger partial charge in [0.05, 0.1) is 11.3 Å². The van der Waals surface area contributed by atoms with E-state index in [0.29, 0.717) is 23.5 Å². The number of para-hydroxylation sites is 1. The predicted octanol–water partition coefficient (Wildman–Crippen LogP) is 3.21. The van der Waals surface area contributed by atoms with Crippen molar-refractivity contribution < 1.29 is 14.4 Å². The molecule has 2 aromatic rings. The van der Waals surface area contributed by atoms with E-state index in [1.807, 2.05) is 0 Å². The molecule has 3 amide bonds. The lowest BCUT2D eigenvalue weighted by molar-refractivity contribution is -0.114. The molecule has 2 rings (SSSR count). The van der Waals surface area contributed by atoms with Crippen LogP contribution in [-0.4, -0.2) is 24.3 Å². The number of amides is 3. The molecule has 0 radical (unpaired) electrons. The Bertz CT molecular complexity index is 870. The van der Waals surface area contributed by atoms with Crippen molar-refractivity contribution in [3.63, 3.8) is 0 Å². The number of rotatable bonds is 7. The van der Waals surface area contributed by atoms with Crippen LogP contribution in [0.3, 0.4) is 0 Å². The molecule has 3 N–H and O–H groups in total. The summed E-state index contributed by atoms with van der Waals surface area (Å²) < 4.78 is 0. The lowest BCUT2D eigenvalue weighted by Crippen LogP contribution is -2.24. The highest BCUT2D eigenvalue weighted by molar-refractivity contribution is 6.07. The number of carbonyl (C=O) groups excluding carboxylic acids is 3. The summed E-state index contributed by atoms with van der Waals surface area (Å²) in [6, 6.07) is 13.8. The van der Waals surface area contributed by atoms with E-state index < -0.39 is 0 Å². The van der Waals surface area contributed by atoms with Crippen molar-refractivity contribution in [3.8, 4) is 0 Å². The van der Waals surface area contributed by atoms with E-state index in [0.717, 1.165) is 5.56 Å². The summed E-state index contributed by atoms with van der Waals surface area (Å²) >= 11 is 0. The summed E-state index contributed by atoms with van der Waals surface area (Å²) in [4.78, 5) is 35.3. The lowest BCUT2D eigenvalue weighted by atomic mass is 10.1. The summed E-state index contributed by atoms with van der Waals surface area (Å²) in [5.41, 5.74) is 2.29. The topological polar surface area (TPSA) is 87.3 Å². The van der Waals surface area contributed by atoms with E-state index in [9.17, 15) is 14.4 Å². The van der Waals surface area contributed by atoms with Crippen molar-refractivity contribution in [1.29, 1.82) is 0 Å². The van der Waals surface area contributed by atoms with Gasteiger partial charge in [-0.1, -0.05) is 30.3 Å². The molecule has 0 heterocycles. The third kappa shape index (κ3) is 6.28. The van der Waals surface area contributed by atoms with E-state index >= 15 is 0 Å². The minimum absolute atomic E-state index is 0.145. The maximum atomic E-state index is 12.2. The molecule has 0 bridgehead atoms. The van der Waals surface area contributed by atoms with Gasteiger partial charge in [0.15, 0.2) is 0 Å². The van der Waals surface area contributed by atoms with Crippen molar-refractivity contribution >= 4 is 35.2 Å². The fourth-order valence-electron chi connectivity index (χ4n) is 2.28. The second-order valence-electron chi connectivity index (χ2n) is 5.67. The quantitative estimate of drug-likeness (QED) is 0.521. The van der Waals surface area contributed by atoms with Crippen molar-refractivity contribution in [3.05, 3.63) is 78.4 Å². The van der Waals surface area contributed by atoms with Crippen LogP contribution in [0.2, 0.25) is 0 Å². The summed E-state index contributed by atoms with van der Waals surface area (Å²) in [5, 5.41) is 8.06. The third-order valence-corrected chi connectivity index (χ3v) is 3.49. The fourth-order valence-corrected chi connectivity index (χ4v) is 2.28. The summed E-state index contributed by atoms with van der Waals surface area (Å²) in [6.07, 6.45) is 4.61. The first kappa shape index (κ1) is 19.7. The van der Waals surface area contributed by atoms with Crippen LogP contribution in [0.1, 0.15) is 22.8 Å². The van der Waals surface area contributed by atoms with Gasteiger partial charge in [0.25, 0.3) is 5.91 Å². The van der Waals surface area contributed by atoms with Gasteiger partial charge >= 0.3 is 0 Å². The van der Waals surface area contributed by atoms with Gasteiger partial charge in [-0.05, 0) is 35.9 Å². The Morgan fingerprint density at radius 1 is 1.00 bits per heavy atom. The molecule has 0 aliphatic rings. The zero-order valence-electron chi connectivity index (χ0n) is 15.0. The van der Waals surface area contributed by atoms with Gasteiger partial charge in [-0.3, -0.25) is 14.4 Å². The van der Waals surface area contributed by atoms with Crippen LogP contribution in [0.5, 0.6) is 0 Å². The van der Waals surface area contributed by atoms with Crippen LogP contribution >= 0.6 is 0 Å². The minimum Gasteiger partial charge on any atom is -0.349 e. The van der Waals surface area contributed by atoms with E-state index in [1.54, 1.807) is 60.7 Å². The zero-order chi connectivity index (χ0) is 19.6. The molecule has 138 valence electrons. The Labute approximate surface area is 158 Å². The molecular weight excluding hydrogens is 342 g/mol. The Hall–Kier alpha value is -3.67. The smallest absolute Gasteiger partial charge is 0.253 e. The van der Waals surface area contributed by atoms with Crippen LogP contribution in [0.15, 0.2) is 67.3 Å². The van der Waals surface area contributed by atoms with Crippen molar-refractivity contribution in [2.45, 2.75) is 6.92 Å². The molecule has 2 aromatic carbocycles. The number of benzene rings is 2. The molecule has 0 unspecified atom stereocenters. The molecule has 0 aliphatic carbocycles. The molecule has 27 heavy (non-hydrogen) atoms. The summed E-state index contributed by atoms with van der Waals surface area (Å²) in [7, 11) is 0. The van der Waals surface area contributed by atoms with Crippen LogP contribution in [0.25, 0.3) is 6.08 Å². The maximum absolute atomic E-state index is 12.2. The van der Waals surface area contributed by atoms with Crippen molar-refractivity contribution in [2.75, 3.05) is 17.2 Å².